The van der Waals surface area contributed by atoms with Gasteiger partial charge in [-0.05, 0) is 38.5 Å². The third-order valence-electron chi connectivity index (χ3n) is 1.39. The Labute approximate surface area is 95.9 Å². The lowest BCUT2D eigenvalue weighted by molar-refractivity contribution is 1.24. The fourth-order valence-corrected chi connectivity index (χ4v) is 0.962. The van der Waals surface area contributed by atoms with Crippen LogP contribution in [-0.4, -0.2) is 4.98 Å². The van der Waals surface area contributed by atoms with Gasteiger partial charge in [0, 0.05) is 11.4 Å². The van der Waals surface area contributed by atoms with Gasteiger partial charge in [0.1, 0.15) is 0 Å². The van der Waals surface area contributed by atoms with Gasteiger partial charge >= 0.3 is 0 Å². The molecule has 1 heterocycles. The molecular formula is C14H27N. The van der Waals surface area contributed by atoms with Gasteiger partial charge < -0.3 is 4.98 Å². The van der Waals surface area contributed by atoms with E-state index < -0.39 is 0 Å². The first-order valence-electron chi connectivity index (χ1n) is 5.01. The van der Waals surface area contributed by atoms with E-state index in [0.29, 0.717) is 0 Å². The van der Waals surface area contributed by atoms with Crippen molar-refractivity contribution in [1.82, 2.24) is 4.98 Å². The van der Waals surface area contributed by atoms with Crippen molar-refractivity contribution >= 4 is 6.08 Å². The molecule has 1 heteroatoms. The van der Waals surface area contributed by atoms with Crippen LogP contribution < -0.4 is 0 Å². The van der Waals surface area contributed by atoms with Crippen LogP contribution in [0.2, 0.25) is 0 Å². The fraction of sp³-hybridized carbons (Fsp3) is 0.429. The van der Waals surface area contributed by atoms with Gasteiger partial charge in [0.25, 0.3) is 0 Å². The predicted octanol–water partition coefficient (Wildman–Crippen LogP) is 5.13. The van der Waals surface area contributed by atoms with Crippen LogP contribution in [0.4, 0.5) is 0 Å². The molecule has 0 saturated carbocycles. The molecule has 15 heavy (non-hydrogen) atoms. The van der Waals surface area contributed by atoms with Crippen molar-refractivity contribution in [2.45, 2.75) is 42.0 Å². The molecule has 0 aliphatic heterocycles. The summed E-state index contributed by atoms with van der Waals surface area (Å²) in [5, 5.41) is 0. The topological polar surface area (TPSA) is 15.8 Å². The van der Waals surface area contributed by atoms with E-state index in [4.69, 9.17) is 0 Å². The third-order valence-corrected chi connectivity index (χ3v) is 1.39. The van der Waals surface area contributed by atoms with E-state index in [9.17, 15) is 0 Å². The maximum atomic E-state index is 3.67. The highest BCUT2D eigenvalue weighted by molar-refractivity contribution is 5.47. The molecule has 0 radical (unpaired) electrons. The summed E-state index contributed by atoms with van der Waals surface area (Å²) in [6.07, 6.45) is 3.59. The maximum absolute atomic E-state index is 3.67. The molecule has 0 saturated heterocycles. The molecule has 0 amide bonds. The molecule has 0 aromatic carbocycles. The van der Waals surface area contributed by atoms with Gasteiger partial charge in [0.05, 0.1) is 0 Å². The lowest BCUT2D eigenvalue weighted by Gasteiger charge is -1.85. The summed E-state index contributed by atoms with van der Waals surface area (Å²) in [7, 11) is 0. The molecule has 0 bridgehead atoms. The Morgan fingerprint density at radius 2 is 1.60 bits per heavy atom. The Kier molecular flexibility index (Phi) is 16.5. The highest BCUT2D eigenvalue weighted by atomic mass is 14.7. The second kappa shape index (κ2) is 12.8. The van der Waals surface area contributed by atoms with E-state index in [1.807, 2.05) is 33.8 Å². The zero-order valence-electron chi connectivity index (χ0n) is 10.1. The molecule has 1 aromatic heterocycles. The van der Waals surface area contributed by atoms with Crippen LogP contribution in [0, 0.1) is 13.8 Å². The molecule has 1 N–H and O–H groups in total. The highest BCUT2D eigenvalue weighted by Crippen LogP contribution is 2.08. The zero-order chi connectivity index (χ0) is 11.6. The molecule has 88 valence electrons. The second-order valence-electron chi connectivity index (χ2n) is 2.66. The van der Waals surface area contributed by atoms with Gasteiger partial charge in [-0.15, -0.1) is 6.58 Å². The molecule has 0 fully saturated rings. The minimum Gasteiger partial charge on any atom is -0.359 e. The Bertz CT molecular complexity index is 256. The number of nitrogens with one attached hydrogen (secondary N) is 1. The van der Waals surface area contributed by atoms with Crippen LogP contribution in [0.15, 0.2) is 25.3 Å². The summed E-state index contributed by atoms with van der Waals surface area (Å²) >= 11 is 0. The predicted molar refractivity (Wildman–Crippen MR) is 74.3 cm³/mol. The Morgan fingerprint density at radius 3 is 1.73 bits per heavy atom. The average Bonchev–Trinajstić information content (AvgIpc) is 2.49. The first-order valence-corrected chi connectivity index (χ1v) is 5.01. The van der Waals surface area contributed by atoms with Gasteiger partial charge in [-0.25, -0.2) is 0 Å². The molecule has 1 rings (SSSR count). The molecule has 0 unspecified atom stereocenters. The van der Waals surface area contributed by atoms with Gasteiger partial charge in [0.15, 0.2) is 0 Å². The van der Waals surface area contributed by atoms with Gasteiger partial charge in [-0.2, -0.15) is 0 Å². The number of hydrogen-bond donors (Lipinski definition) is 1. The maximum Gasteiger partial charge on any atom is 0.0406 e. The Hall–Kier alpha value is -1.24. The van der Waals surface area contributed by atoms with E-state index in [1.54, 1.807) is 6.08 Å². The Balaban J connectivity index is -0.000000209. The van der Waals surface area contributed by atoms with Gasteiger partial charge in [0.2, 0.25) is 0 Å². The summed E-state index contributed by atoms with van der Waals surface area (Å²) in [4.78, 5) is 3.18. The zero-order valence-corrected chi connectivity index (χ0v) is 10.1. The van der Waals surface area contributed by atoms with Crippen LogP contribution in [0.3, 0.4) is 0 Å². The number of hydrogen-bond acceptors (Lipinski definition) is 0. The molecule has 0 aliphatic carbocycles. The summed E-state index contributed by atoms with van der Waals surface area (Å²) in [6, 6.07) is 2.11. The summed E-state index contributed by atoms with van der Waals surface area (Å²) < 4.78 is 0. The van der Waals surface area contributed by atoms with Crippen molar-refractivity contribution in [3.05, 3.63) is 42.3 Å². The summed E-state index contributed by atoms with van der Waals surface area (Å²) in [5.41, 5.74) is 3.59. The van der Waals surface area contributed by atoms with E-state index in [1.165, 1.54) is 11.3 Å². The van der Waals surface area contributed by atoms with Gasteiger partial charge in [-0.1, -0.05) is 33.9 Å². The van der Waals surface area contributed by atoms with Crippen molar-refractivity contribution in [1.29, 1.82) is 0 Å². The van der Waals surface area contributed by atoms with Crippen molar-refractivity contribution in [3.8, 4) is 0 Å². The SMILES string of the molecule is C.C=CC.C=Cc1[nH]c(C)cc1C.CC. The highest BCUT2D eigenvalue weighted by Gasteiger charge is 1.94. The van der Waals surface area contributed by atoms with Crippen molar-refractivity contribution in [3.63, 3.8) is 0 Å². The summed E-state index contributed by atoms with van der Waals surface area (Å²) in [5.74, 6) is 0. The number of aryl methyl sites for hydroxylation is 2. The minimum atomic E-state index is 0. The van der Waals surface area contributed by atoms with Crippen LogP contribution in [0.25, 0.3) is 6.08 Å². The van der Waals surface area contributed by atoms with Crippen LogP contribution in [0.5, 0.6) is 0 Å². The fourth-order valence-electron chi connectivity index (χ4n) is 0.962. The van der Waals surface area contributed by atoms with Crippen molar-refractivity contribution in [2.75, 3.05) is 0 Å². The second-order valence-corrected chi connectivity index (χ2v) is 2.66. The van der Waals surface area contributed by atoms with Crippen LogP contribution in [0.1, 0.15) is 45.1 Å². The monoisotopic (exact) mass is 209 g/mol. The third kappa shape index (κ3) is 9.07. The first kappa shape index (κ1) is 19.4. The smallest absolute Gasteiger partial charge is 0.0406 e. The largest absolute Gasteiger partial charge is 0.359 e. The van der Waals surface area contributed by atoms with Crippen molar-refractivity contribution < 1.29 is 0 Å². The minimum absolute atomic E-state index is 0. The lowest BCUT2D eigenvalue weighted by Crippen LogP contribution is -1.72. The number of aromatic amines is 1. The molecule has 0 spiro atoms. The Morgan fingerprint density at radius 1 is 1.20 bits per heavy atom. The average molecular weight is 209 g/mol. The van der Waals surface area contributed by atoms with E-state index in [0.717, 1.165) is 5.69 Å². The number of allylic oxidation sites excluding steroid dienone is 1. The standard InChI is InChI=1S/C8H11N.C3H6.C2H6.CH4/c1-4-8-6(2)5-7(3)9-8;1-3-2;1-2;/h4-5,9H,1H2,2-3H3;3H,1H2,2H3;1-2H3;1H4. The first-order chi connectivity index (χ1) is 6.65. The van der Waals surface area contributed by atoms with Gasteiger partial charge in [-0.3, -0.25) is 0 Å². The van der Waals surface area contributed by atoms with Crippen LogP contribution >= 0.6 is 0 Å². The van der Waals surface area contributed by atoms with E-state index in [2.05, 4.69) is 31.1 Å². The molecule has 1 aromatic rings. The van der Waals surface area contributed by atoms with Crippen LogP contribution in [-0.2, 0) is 0 Å². The molecule has 1 nitrogen and oxygen atoms in total. The van der Waals surface area contributed by atoms with E-state index >= 15 is 0 Å². The number of H-pyrrole nitrogens is 1. The molecule has 0 atom stereocenters. The van der Waals surface area contributed by atoms with E-state index in [-0.39, 0.29) is 7.43 Å². The van der Waals surface area contributed by atoms with Crippen molar-refractivity contribution in [2.24, 2.45) is 0 Å². The normalized spacial score (nSPS) is 7.00. The quantitative estimate of drug-likeness (QED) is 0.617. The number of rotatable bonds is 1. The number of aromatic nitrogens is 1. The molecule has 0 aliphatic rings. The molecular weight excluding hydrogens is 182 g/mol. The summed E-state index contributed by atoms with van der Waals surface area (Å²) in [6.45, 7) is 17.0. The lowest BCUT2D eigenvalue weighted by atomic mass is 10.3.